The molecule has 1 aliphatic rings. The lowest BCUT2D eigenvalue weighted by Crippen LogP contribution is -2.38. The molecule has 0 radical (unpaired) electrons. The Hall–Kier alpha value is -0.640. The van der Waals surface area contributed by atoms with Crippen LogP contribution in [-0.4, -0.2) is 6.04 Å². The lowest BCUT2D eigenvalue weighted by atomic mass is 9.94. The van der Waals surface area contributed by atoms with Crippen LogP contribution < -0.4 is 11.3 Å². The SMILES string of the molecule is NNC(Cc1ccc(F)cc1Cl)CC1CCCC1. The van der Waals surface area contributed by atoms with Crippen molar-refractivity contribution in [1.82, 2.24) is 5.43 Å². The van der Waals surface area contributed by atoms with Gasteiger partial charge in [-0.05, 0) is 36.5 Å². The van der Waals surface area contributed by atoms with Gasteiger partial charge in [-0.3, -0.25) is 11.3 Å². The highest BCUT2D eigenvalue weighted by atomic mass is 35.5. The second kappa shape index (κ2) is 6.50. The fourth-order valence-corrected chi connectivity index (χ4v) is 3.06. The maximum absolute atomic E-state index is 13.0. The van der Waals surface area contributed by atoms with Gasteiger partial charge in [0.15, 0.2) is 0 Å². The summed E-state index contributed by atoms with van der Waals surface area (Å²) in [4.78, 5) is 0. The van der Waals surface area contributed by atoms with Crippen LogP contribution in [0.2, 0.25) is 5.02 Å². The normalized spacial score (nSPS) is 18.2. The Bertz CT molecular complexity index is 391. The third kappa shape index (κ3) is 3.67. The molecule has 0 aromatic heterocycles. The summed E-state index contributed by atoms with van der Waals surface area (Å²) in [5.74, 6) is 6.09. The van der Waals surface area contributed by atoms with E-state index in [1.165, 1.54) is 37.8 Å². The predicted octanol–water partition coefficient (Wildman–Crippen LogP) is 3.43. The Morgan fingerprint density at radius 3 is 2.72 bits per heavy atom. The van der Waals surface area contributed by atoms with Gasteiger partial charge in [0.05, 0.1) is 0 Å². The summed E-state index contributed by atoms with van der Waals surface area (Å²) in [5.41, 5.74) is 3.82. The van der Waals surface area contributed by atoms with Gasteiger partial charge >= 0.3 is 0 Å². The molecule has 4 heteroatoms. The Morgan fingerprint density at radius 1 is 1.39 bits per heavy atom. The van der Waals surface area contributed by atoms with E-state index in [1.54, 1.807) is 6.07 Å². The van der Waals surface area contributed by atoms with Crippen molar-refractivity contribution in [1.29, 1.82) is 0 Å². The monoisotopic (exact) mass is 270 g/mol. The first kappa shape index (κ1) is 13.8. The molecule has 1 saturated carbocycles. The van der Waals surface area contributed by atoms with Gasteiger partial charge in [-0.15, -0.1) is 0 Å². The third-order valence-electron chi connectivity index (χ3n) is 3.81. The molecule has 0 saturated heterocycles. The molecule has 2 rings (SSSR count). The summed E-state index contributed by atoms with van der Waals surface area (Å²) in [6.07, 6.45) is 7.10. The van der Waals surface area contributed by atoms with Crippen LogP contribution in [-0.2, 0) is 6.42 Å². The van der Waals surface area contributed by atoms with Crippen molar-refractivity contribution in [3.05, 3.63) is 34.6 Å². The molecular weight excluding hydrogens is 251 g/mol. The van der Waals surface area contributed by atoms with Gasteiger partial charge in [0.2, 0.25) is 0 Å². The average molecular weight is 271 g/mol. The minimum Gasteiger partial charge on any atom is -0.271 e. The number of nitrogens with two attached hydrogens (primary N) is 1. The highest BCUT2D eigenvalue weighted by Crippen LogP contribution is 2.29. The average Bonchev–Trinajstić information content (AvgIpc) is 2.84. The van der Waals surface area contributed by atoms with Gasteiger partial charge in [-0.25, -0.2) is 4.39 Å². The van der Waals surface area contributed by atoms with Gasteiger partial charge in [-0.1, -0.05) is 43.4 Å². The molecule has 18 heavy (non-hydrogen) atoms. The van der Waals surface area contributed by atoms with Crippen LogP contribution in [0.3, 0.4) is 0 Å². The minimum absolute atomic E-state index is 0.219. The Labute approximate surface area is 113 Å². The Balaban J connectivity index is 1.96. The lowest BCUT2D eigenvalue weighted by molar-refractivity contribution is 0.389. The molecule has 0 heterocycles. The van der Waals surface area contributed by atoms with Gasteiger partial charge in [0.25, 0.3) is 0 Å². The van der Waals surface area contributed by atoms with E-state index in [4.69, 9.17) is 17.4 Å². The van der Waals surface area contributed by atoms with Gasteiger partial charge in [0.1, 0.15) is 5.82 Å². The second-order valence-corrected chi connectivity index (χ2v) is 5.60. The zero-order valence-electron chi connectivity index (χ0n) is 10.5. The van der Waals surface area contributed by atoms with Crippen LogP contribution in [0.4, 0.5) is 4.39 Å². The highest BCUT2D eigenvalue weighted by molar-refractivity contribution is 6.31. The van der Waals surface area contributed by atoms with Crippen molar-refractivity contribution < 1.29 is 4.39 Å². The molecule has 1 aromatic rings. The van der Waals surface area contributed by atoms with Crippen molar-refractivity contribution in [2.24, 2.45) is 11.8 Å². The molecule has 1 atom stereocenters. The van der Waals surface area contributed by atoms with E-state index < -0.39 is 0 Å². The van der Waals surface area contributed by atoms with Gasteiger partial charge in [0, 0.05) is 11.1 Å². The molecule has 0 aliphatic heterocycles. The van der Waals surface area contributed by atoms with Crippen LogP contribution >= 0.6 is 11.6 Å². The number of benzene rings is 1. The van der Waals surface area contributed by atoms with Gasteiger partial charge < -0.3 is 0 Å². The maximum atomic E-state index is 13.0. The molecule has 1 aromatic carbocycles. The van der Waals surface area contributed by atoms with E-state index in [0.717, 1.165) is 24.3 Å². The summed E-state index contributed by atoms with van der Waals surface area (Å²) in [7, 11) is 0. The van der Waals surface area contributed by atoms with Crippen molar-refractivity contribution in [2.75, 3.05) is 0 Å². The molecule has 0 amide bonds. The summed E-state index contributed by atoms with van der Waals surface area (Å²) in [6.45, 7) is 0. The molecule has 0 spiro atoms. The van der Waals surface area contributed by atoms with Crippen LogP contribution in [0.25, 0.3) is 0 Å². The number of halogens is 2. The Morgan fingerprint density at radius 2 is 2.11 bits per heavy atom. The van der Waals surface area contributed by atoms with Crippen molar-refractivity contribution in [3.63, 3.8) is 0 Å². The molecule has 2 nitrogen and oxygen atoms in total. The zero-order chi connectivity index (χ0) is 13.0. The molecular formula is C14H20ClFN2. The van der Waals surface area contributed by atoms with Gasteiger partial charge in [-0.2, -0.15) is 0 Å². The zero-order valence-corrected chi connectivity index (χ0v) is 11.2. The highest BCUT2D eigenvalue weighted by Gasteiger charge is 2.20. The summed E-state index contributed by atoms with van der Waals surface area (Å²) in [6, 6.07) is 4.78. The van der Waals surface area contributed by atoms with E-state index in [9.17, 15) is 4.39 Å². The van der Waals surface area contributed by atoms with E-state index in [1.807, 2.05) is 0 Å². The number of hydrazine groups is 1. The van der Waals surface area contributed by atoms with Crippen molar-refractivity contribution in [3.8, 4) is 0 Å². The standard InChI is InChI=1S/C14H20ClFN2/c15-14-9-12(16)6-5-11(14)8-13(18-17)7-10-3-1-2-4-10/h5-6,9-10,13,18H,1-4,7-8,17H2. The third-order valence-corrected chi connectivity index (χ3v) is 4.16. The van der Waals surface area contributed by atoms with Crippen LogP contribution in [0.5, 0.6) is 0 Å². The first-order valence-corrected chi connectivity index (χ1v) is 6.97. The topological polar surface area (TPSA) is 38.0 Å². The fraction of sp³-hybridized carbons (Fsp3) is 0.571. The smallest absolute Gasteiger partial charge is 0.124 e. The molecule has 100 valence electrons. The summed E-state index contributed by atoms with van der Waals surface area (Å²) >= 11 is 6.04. The molecule has 1 unspecified atom stereocenters. The van der Waals surface area contributed by atoms with E-state index >= 15 is 0 Å². The van der Waals surface area contributed by atoms with E-state index in [2.05, 4.69) is 5.43 Å². The first-order valence-electron chi connectivity index (χ1n) is 6.59. The quantitative estimate of drug-likeness (QED) is 0.635. The largest absolute Gasteiger partial charge is 0.271 e. The number of nitrogens with one attached hydrogen (secondary N) is 1. The van der Waals surface area contributed by atoms with Crippen LogP contribution in [0.15, 0.2) is 18.2 Å². The van der Waals surface area contributed by atoms with Crippen molar-refractivity contribution >= 4 is 11.6 Å². The summed E-state index contributed by atoms with van der Waals surface area (Å²) in [5, 5.41) is 0.488. The predicted molar refractivity (Wildman–Crippen MR) is 72.8 cm³/mol. The first-order chi connectivity index (χ1) is 8.69. The number of hydrogen-bond acceptors (Lipinski definition) is 2. The number of hydrogen-bond donors (Lipinski definition) is 2. The van der Waals surface area contributed by atoms with Crippen LogP contribution in [0, 0.1) is 11.7 Å². The van der Waals surface area contributed by atoms with Crippen LogP contribution in [0.1, 0.15) is 37.7 Å². The van der Waals surface area contributed by atoms with E-state index in [0.29, 0.717) is 5.02 Å². The van der Waals surface area contributed by atoms with E-state index in [-0.39, 0.29) is 11.9 Å². The molecule has 3 N–H and O–H groups in total. The minimum atomic E-state index is -0.295. The number of rotatable bonds is 5. The van der Waals surface area contributed by atoms with Crippen molar-refractivity contribution in [2.45, 2.75) is 44.6 Å². The lowest BCUT2D eigenvalue weighted by Gasteiger charge is -2.20. The molecule has 1 fully saturated rings. The molecule has 1 aliphatic carbocycles. The molecule has 0 bridgehead atoms. The Kier molecular flexibility index (Phi) is 4.98. The maximum Gasteiger partial charge on any atom is 0.124 e. The fourth-order valence-electron chi connectivity index (χ4n) is 2.81. The summed E-state index contributed by atoms with van der Waals surface area (Å²) < 4.78 is 13.0. The second-order valence-electron chi connectivity index (χ2n) is 5.19.